The van der Waals surface area contributed by atoms with E-state index in [-0.39, 0.29) is 5.56 Å². The van der Waals surface area contributed by atoms with E-state index in [1.54, 1.807) is 0 Å². The molecule has 0 aliphatic heterocycles. The highest BCUT2D eigenvalue weighted by atomic mass is 16.6. The van der Waals surface area contributed by atoms with Gasteiger partial charge in [-0.2, -0.15) is 0 Å². The third-order valence-corrected chi connectivity index (χ3v) is 4.75. The van der Waals surface area contributed by atoms with Gasteiger partial charge < -0.3 is 9.52 Å². The van der Waals surface area contributed by atoms with Gasteiger partial charge in [-0.15, -0.1) is 0 Å². The maximum atomic E-state index is 12.7. The van der Waals surface area contributed by atoms with Gasteiger partial charge in [0.15, 0.2) is 0 Å². The smallest absolute Gasteiger partial charge is 0.266 e. The molecule has 0 amide bonds. The third kappa shape index (κ3) is 2.73. The lowest BCUT2D eigenvalue weighted by molar-refractivity contribution is -0.398. The minimum absolute atomic E-state index is 0.239. The summed E-state index contributed by atoms with van der Waals surface area (Å²) in [6.07, 6.45) is 5.08. The molecule has 3 aromatic rings. The van der Waals surface area contributed by atoms with E-state index in [2.05, 4.69) is 4.99 Å². The Morgan fingerprint density at radius 2 is 2.04 bits per heavy atom. The van der Waals surface area contributed by atoms with Gasteiger partial charge in [0, 0.05) is 29.1 Å². The molecule has 132 valence electrons. The van der Waals surface area contributed by atoms with Gasteiger partial charge in [-0.05, 0) is 49.6 Å². The molecule has 6 nitrogen and oxygen atoms in total. The zero-order valence-electron chi connectivity index (χ0n) is 14.3. The Morgan fingerprint density at radius 3 is 2.81 bits per heavy atom. The quantitative estimate of drug-likeness (QED) is 0.399. The summed E-state index contributed by atoms with van der Waals surface area (Å²) in [5, 5.41) is 24.7. The Bertz CT molecular complexity index is 1050. The first-order valence-electron chi connectivity index (χ1n) is 8.58. The van der Waals surface area contributed by atoms with E-state index in [9.17, 15) is 15.2 Å². The van der Waals surface area contributed by atoms with Crippen molar-refractivity contribution in [2.45, 2.75) is 32.6 Å². The fourth-order valence-electron chi connectivity index (χ4n) is 3.53. The Balaban J connectivity index is 1.94. The largest absolute Gasteiger partial charge is 0.867 e. The molecule has 0 N–H and O–H groups in total. The van der Waals surface area contributed by atoms with Crippen molar-refractivity contribution in [1.29, 1.82) is 0 Å². The van der Waals surface area contributed by atoms with Gasteiger partial charge in [0.05, 0.1) is 16.7 Å². The molecule has 0 radical (unpaired) electrons. The van der Waals surface area contributed by atoms with Gasteiger partial charge in [-0.1, -0.05) is 12.1 Å². The molecule has 6 heteroatoms. The molecular formula is C20H17N2O4-. The number of nitro groups is 1. The molecule has 1 aromatic heterocycles. The molecule has 0 spiro atoms. The van der Waals surface area contributed by atoms with Crippen molar-refractivity contribution in [1.82, 2.24) is 0 Å². The zero-order chi connectivity index (χ0) is 18.3. The van der Waals surface area contributed by atoms with Crippen LogP contribution in [0.25, 0.3) is 11.0 Å². The minimum Gasteiger partial charge on any atom is -0.867 e. The maximum absolute atomic E-state index is 12.7. The van der Waals surface area contributed by atoms with Gasteiger partial charge in [0.2, 0.25) is 0 Å². The van der Waals surface area contributed by atoms with Gasteiger partial charge >= 0.3 is 0 Å². The van der Waals surface area contributed by atoms with Crippen molar-refractivity contribution in [2.75, 3.05) is 0 Å². The molecule has 1 aliphatic carbocycles. The summed E-state index contributed by atoms with van der Waals surface area (Å²) in [5.41, 5.74) is 2.89. The van der Waals surface area contributed by atoms with E-state index in [0.29, 0.717) is 16.7 Å². The lowest BCUT2D eigenvalue weighted by Gasteiger charge is -2.14. The molecular weight excluding hydrogens is 332 g/mol. The van der Waals surface area contributed by atoms with Crippen molar-refractivity contribution in [3.63, 3.8) is 0 Å². The van der Waals surface area contributed by atoms with Crippen LogP contribution in [-0.2, 0) is 12.8 Å². The van der Waals surface area contributed by atoms with E-state index in [1.807, 2.05) is 31.2 Å². The highest BCUT2D eigenvalue weighted by Gasteiger charge is 2.23. The fourth-order valence-corrected chi connectivity index (χ4v) is 3.53. The van der Waals surface area contributed by atoms with Gasteiger partial charge in [-0.25, -0.2) is 0 Å². The Morgan fingerprint density at radius 1 is 1.23 bits per heavy atom. The number of hydrogen-bond donors (Lipinski definition) is 0. The monoisotopic (exact) mass is 349 g/mol. The van der Waals surface area contributed by atoms with Crippen molar-refractivity contribution < 1.29 is 14.4 Å². The summed E-state index contributed by atoms with van der Waals surface area (Å²) in [6.45, 7) is 1.95. The van der Waals surface area contributed by atoms with Crippen molar-refractivity contribution >= 4 is 28.6 Å². The standard InChI is InChI=1S/C20H18N2O4/c1-12-5-4-6-13(9-12)21-11-15-19-14-7-2-3-8-17(14)26-18(19)10-16(20(15)23)22(24)25/h4-6,9-11,23H,2-3,7-8H2,1H3/p-1. The number of furan rings is 1. The topological polar surface area (TPSA) is 91.7 Å². The van der Waals surface area contributed by atoms with E-state index >= 15 is 0 Å². The first-order valence-corrected chi connectivity index (χ1v) is 8.58. The normalized spacial score (nSPS) is 14.0. The average Bonchev–Trinajstić information content (AvgIpc) is 2.99. The summed E-state index contributed by atoms with van der Waals surface area (Å²) >= 11 is 0. The van der Waals surface area contributed by atoms with Crippen LogP contribution >= 0.6 is 0 Å². The fraction of sp³-hybridized carbons (Fsp3) is 0.250. The van der Waals surface area contributed by atoms with E-state index in [0.717, 1.165) is 42.6 Å². The summed E-state index contributed by atoms with van der Waals surface area (Å²) in [4.78, 5) is 15.0. The van der Waals surface area contributed by atoms with Gasteiger partial charge in [-0.3, -0.25) is 15.1 Å². The predicted octanol–water partition coefficient (Wildman–Crippen LogP) is 4.35. The molecule has 0 saturated heterocycles. The van der Waals surface area contributed by atoms with Crippen LogP contribution in [0.2, 0.25) is 0 Å². The first-order chi connectivity index (χ1) is 12.5. The predicted molar refractivity (Wildman–Crippen MR) is 97.4 cm³/mol. The van der Waals surface area contributed by atoms with Crippen LogP contribution in [0.1, 0.15) is 35.3 Å². The summed E-state index contributed by atoms with van der Waals surface area (Å²) < 4.78 is 5.84. The molecule has 0 saturated carbocycles. The van der Waals surface area contributed by atoms with E-state index < -0.39 is 16.4 Å². The van der Waals surface area contributed by atoms with Crippen LogP contribution in [0.3, 0.4) is 0 Å². The second kappa shape index (κ2) is 6.29. The van der Waals surface area contributed by atoms with Crippen LogP contribution in [0, 0.1) is 17.0 Å². The van der Waals surface area contributed by atoms with Gasteiger partial charge in [0.25, 0.3) is 5.69 Å². The Hall–Kier alpha value is -3.15. The Labute approximate surface area is 149 Å². The second-order valence-corrected chi connectivity index (χ2v) is 6.58. The maximum Gasteiger partial charge on any atom is 0.266 e. The highest BCUT2D eigenvalue weighted by Crippen LogP contribution is 2.40. The highest BCUT2D eigenvalue weighted by molar-refractivity contribution is 6.05. The number of nitro benzene ring substituents is 1. The number of aryl methyl sites for hydroxylation is 3. The van der Waals surface area contributed by atoms with Crippen LogP contribution in [0.5, 0.6) is 5.75 Å². The number of rotatable bonds is 3. The van der Waals surface area contributed by atoms with Crippen molar-refractivity contribution in [3.05, 3.63) is 62.9 Å². The summed E-state index contributed by atoms with van der Waals surface area (Å²) in [5.74, 6) is 0.212. The third-order valence-electron chi connectivity index (χ3n) is 4.75. The molecule has 0 bridgehead atoms. The molecule has 0 unspecified atom stereocenters. The SMILES string of the molecule is Cc1cccc(N=Cc2c([O-])c([N+](=O)[O-])cc3oc4c(c23)CCCC4)c1. The molecule has 1 heterocycles. The van der Waals surface area contributed by atoms with Crippen LogP contribution < -0.4 is 5.11 Å². The summed E-state index contributed by atoms with van der Waals surface area (Å²) in [6, 6.07) is 8.80. The molecule has 1 aliphatic rings. The number of aliphatic imine (C=N–C) groups is 1. The number of nitrogens with zero attached hydrogens (tertiary/aromatic N) is 2. The Kier molecular flexibility index (Phi) is 3.95. The van der Waals surface area contributed by atoms with Crippen LogP contribution in [-0.4, -0.2) is 11.1 Å². The lowest BCUT2D eigenvalue weighted by atomic mass is 9.93. The number of benzene rings is 2. The molecule has 0 atom stereocenters. The van der Waals surface area contributed by atoms with Crippen molar-refractivity contribution in [2.24, 2.45) is 4.99 Å². The van der Waals surface area contributed by atoms with Crippen LogP contribution in [0.15, 0.2) is 39.7 Å². The van der Waals surface area contributed by atoms with Gasteiger partial charge in [0.1, 0.15) is 11.3 Å². The molecule has 0 fully saturated rings. The summed E-state index contributed by atoms with van der Waals surface area (Å²) in [7, 11) is 0. The number of hydrogen-bond acceptors (Lipinski definition) is 5. The minimum atomic E-state index is -0.659. The molecule has 4 rings (SSSR count). The lowest BCUT2D eigenvalue weighted by Crippen LogP contribution is -2.04. The molecule has 2 aromatic carbocycles. The zero-order valence-corrected chi connectivity index (χ0v) is 14.3. The second-order valence-electron chi connectivity index (χ2n) is 6.58. The van der Waals surface area contributed by atoms with Crippen LogP contribution in [0.4, 0.5) is 11.4 Å². The average molecular weight is 349 g/mol. The first kappa shape index (κ1) is 16.3. The molecule has 26 heavy (non-hydrogen) atoms. The van der Waals surface area contributed by atoms with Crippen molar-refractivity contribution in [3.8, 4) is 5.75 Å². The van der Waals surface area contributed by atoms with E-state index in [4.69, 9.17) is 4.42 Å². The number of fused-ring (bicyclic) bond motifs is 3. The van der Waals surface area contributed by atoms with E-state index in [1.165, 1.54) is 12.3 Å².